The van der Waals surface area contributed by atoms with Crippen LogP contribution < -0.4 is 14.8 Å². The van der Waals surface area contributed by atoms with E-state index in [0.717, 1.165) is 17.7 Å². The quantitative estimate of drug-likeness (QED) is 0.499. The highest BCUT2D eigenvalue weighted by Crippen LogP contribution is 2.50. The van der Waals surface area contributed by atoms with E-state index in [9.17, 15) is 8.42 Å². The predicted molar refractivity (Wildman–Crippen MR) is 128 cm³/mol. The third-order valence-corrected chi connectivity index (χ3v) is 7.77. The third-order valence-electron chi connectivity index (χ3n) is 6.39. The number of methoxy groups -OCH3 is 1. The molecule has 3 unspecified atom stereocenters. The Hall–Kier alpha value is -3.25. The molecule has 0 radical (unpaired) electrons. The summed E-state index contributed by atoms with van der Waals surface area (Å²) in [7, 11) is -2.13. The summed E-state index contributed by atoms with van der Waals surface area (Å²) in [6.45, 7) is 2.11. The van der Waals surface area contributed by atoms with E-state index < -0.39 is 10.0 Å². The molecule has 2 N–H and O–H groups in total. The lowest BCUT2D eigenvalue weighted by atomic mass is 9.77. The Morgan fingerprint density at radius 3 is 2.59 bits per heavy atom. The van der Waals surface area contributed by atoms with Gasteiger partial charge in [-0.2, -0.15) is 0 Å². The second kappa shape index (κ2) is 8.02. The number of rotatable bonds is 5. The van der Waals surface area contributed by atoms with Gasteiger partial charge >= 0.3 is 0 Å². The van der Waals surface area contributed by atoms with Gasteiger partial charge in [0.1, 0.15) is 5.75 Å². The molecule has 0 saturated heterocycles. The maximum atomic E-state index is 13.1. The second-order valence-corrected chi connectivity index (χ2v) is 10.2. The SMILES string of the molecule is COc1ccc(NS(=O)(=O)c2ccc3c(c2)C2C=CCC2C(c2cccc(C)c2)N3)cc1. The highest BCUT2D eigenvalue weighted by molar-refractivity contribution is 7.92. The molecule has 0 saturated carbocycles. The summed E-state index contributed by atoms with van der Waals surface area (Å²) in [5, 5.41) is 3.68. The van der Waals surface area contributed by atoms with Crippen molar-refractivity contribution in [1.29, 1.82) is 0 Å². The Balaban J connectivity index is 1.46. The van der Waals surface area contributed by atoms with Gasteiger partial charge in [0.2, 0.25) is 0 Å². The molecule has 1 aliphatic heterocycles. The number of hydrogen-bond donors (Lipinski definition) is 2. The van der Waals surface area contributed by atoms with Gasteiger partial charge in [-0.3, -0.25) is 4.72 Å². The molecule has 1 heterocycles. The van der Waals surface area contributed by atoms with Crippen LogP contribution in [0.15, 0.2) is 83.8 Å². The van der Waals surface area contributed by atoms with E-state index in [2.05, 4.69) is 53.4 Å². The standard InChI is InChI=1S/C26H26N2O3S/c1-17-5-3-6-18(15-17)26-23-8-4-7-22(23)24-16-21(13-14-25(24)27-26)32(29,30)28-19-9-11-20(31-2)12-10-19/h3-7,9-16,22-23,26-28H,8H2,1-2H3. The zero-order valence-corrected chi connectivity index (χ0v) is 18.9. The minimum absolute atomic E-state index is 0.188. The van der Waals surface area contributed by atoms with Gasteiger partial charge in [-0.25, -0.2) is 8.42 Å². The molecule has 2 aliphatic rings. The van der Waals surface area contributed by atoms with E-state index in [1.807, 2.05) is 12.1 Å². The van der Waals surface area contributed by atoms with E-state index in [1.165, 1.54) is 11.1 Å². The van der Waals surface area contributed by atoms with Crippen molar-refractivity contribution in [1.82, 2.24) is 0 Å². The molecular formula is C26H26N2O3S. The van der Waals surface area contributed by atoms with Crippen LogP contribution in [0.1, 0.15) is 35.1 Å². The molecule has 0 amide bonds. The molecule has 3 atom stereocenters. The van der Waals surface area contributed by atoms with E-state index in [4.69, 9.17) is 4.74 Å². The second-order valence-electron chi connectivity index (χ2n) is 8.47. The summed E-state index contributed by atoms with van der Waals surface area (Å²) in [4.78, 5) is 0.266. The Morgan fingerprint density at radius 2 is 1.84 bits per heavy atom. The van der Waals surface area contributed by atoms with Crippen LogP contribution in [0.4, 0.5) is 11.4 Å². The lowest BCUT2D eigenvalue weighted by Gasteiger charge is -2.37. The smallest absolute Gasteiger partial charge is 0.261 e. The normalized spacial score (nSPS) is 21.4. The van der Waals surface area contributed by atoms with Gasteiger partial charge in [-0.15, -0.1) is 0 Å². The fraction of sp³-hybridized carbons (Fsp3) is 0.231. The van der Waals surface area contributed by atoms with Crippen LogP contribution in [0, 0.1) is 12.8 Å². The van der Waals surface area contributed by atoms with Gasteiger partial charge in [-0.1, -0.05) is 42.0 Å². The lowest BCUT2D eigenvalue weighted by Crippen LogP contribution is -2.29. The van der Waals surface area contributed by atoms with Gasteiger partial charge in [-0.05, 0) is 72.9 Å². The van der Waals surface area contributed by atoms with Crippen molar-refractivity contribution in [2.75, 3.05) is 17.1 Å². The number of allylic oxidation sites excluding steroid dienone is 2. The molecule has 0 fully saturated rings. The lowest BCUT2D eigenvalue weighted by molar-refractivity contribution is 0.415. The molecular weight excluding hydrogens is 420 g/mol. The van der Waals surface area contributed by atoms with Gasteiger partial charge in [0.15, 0.2) is 0 Å². The average molecular weight is 447 g/mol. The molecule has 1 aliphatic carbocycles. The third kappa shape index (κ3) is 3.75. The Morgan fingerprint density at radius 1 is 1.03 bits per heavy atom. The van der Waals surface area contributed by atoms with Crippen molar-refractivity contribution in [3.05, 3.63) is 95.6 Å². The van der Waals surface area contributed by atoms with Crippen LogP contribution >= 0.6 is 0 Å². The van der Waals surface area contributed by atoms with Crippen LogP contribution in [0.5, 0.6) is 5.75 Å². The van der Waals surface area contributed by atoms with Gasteiger partial charge in [0.05, 0.1) is 18.0 Å². The van der Waals surface area contributed by atoms with Gasteiger partial charge in [0, 0.05) is 17.3 Å². The number of aryl methyl sites for hydroxylation is 1. The molecule has 0 bridgehead atoms. The summed E-state index contributed by atoms with van der Waals surface area (Å²) < 4.78 is 34.0. The minimum Gasteiger partial charge on any atom is -0.497 e. The Labute approximate surface area is 189 Å². The van der Waals surface area contributed by atoms with Gasteiger partial charge in [0.25, 0.3) is 10.0 Å². The summed E-state index contributed by atoms with van der Waals surface area (Å²) in [6, 6.07) is 21.0. The van der Waals surface area contributed by atoms with Crippen molar-refractivity contribution in [2.45, 2.75) is 30.2 Å². The number of fused-ring (bicyclic) bond motifs is 3. The maximum absolute atomic E-state index is 13.1. The monoisotopic (exact) mass is 446 g/mol. The molecule has 3 aromatic rings. The first-order chi connectivity index (χ1) is 15.4. The number of sulfonamides is 1. The van der Waals surface area contributed by atoms with E-state index in [1.54, 1.807) is 37.4 Å². The fourth-order valence-corrected chi connectivity index (χ4v) is 5.90. The van der Waals surface area contributed by atoms with Crippen LogP contribution in [0.2, 0.25) is 0 Å². The van der Waals surface area contributed by atoms with Crippen LogP contribution in [-0.2, 0) is 10.0 Å². The summed E-state index contributed by atoms with van der Waals surface area (Å²) >= 11 is 0. The molecule has 32 heavy (non-hydrogen) atoms. The summed E-state index contributed by atoms with van der Waals surface area (Å²) in [5.41, 5.74) is 5.04. The summed E-state index contributed by atoms with van der Waals surface area (Å²) in [6.07, 6.45) is 5.41. The summed E-state index contributed by atoms with van der Waals surface area (Å²) in [5.74, 6) is 1.22. The van der Waals surface area contributed by atoms with E-state index in [0.29, 0.717) is 17.4 Å². The van der Waals surface area contributed by atoms with Crippen molar-refractivity contribution < 1.29 is 13.2 Å². The average Bonchev–Trinajstić information content (AvgIpc) is 3.29. The Kier molecular flexibility index (Phi) is 5.18. The Bertz CT molecular complexity index is 1280. The molecule has 0 spiro atoms. The van der Waals surface area contributed by atoms with Gasteiger partial charge < -0.3 is 10.1 Å². The fourth-order valence-electron chi connectivity index (χ4n) is 4.81. The van der Waals surface area contributed by atoms with Crippen molar-refractivity contribution >= 4 is 21.4 Å². The molecule has 0 aromatic heterocycles. The predicted octanol–water partition coefficient (Wildman–Crippen LogP) is 5.63. The topological polar surface area (TPSA) is 67.4 Å². The van der Waals surface area contributed by atoms with E-state index in [-0.39, 0.29) is 16.9 Å². The molecule has 3 aromatic carbocycles. The molecule has 6 heteroatoms. The van der Waals surface area contributed by atoms with Crippen molar-refractivity contribution in [3.63, 3.8) is 0 Å². The maximum Gasteiger partial charge on any atom is 0.261 e. The number of ether oxygens (including phenoxy) is 1. The first kappa shape index (κ1) is 20.6. The first-order valence-electron chi connectivity index (χ1n) is 10.8. The van der Waals surface area contributed by atoms with E-state index >= 15 is 0 Å². The molecule has 5 nitrogen and oxygen atoms in total. The van der Waals surface area contributed by atoms with Crippen molar-refractivity contribution in [2.24, 2.45) is 5.92 Å². The minimum atomic E-state index is -3.71. The highest BCUT2D eigenvalue weighted by atomic mass is 32.2. The van der Waals surface area contributed by atoms with Crippen LogP contribution in [-0.4, -0.2) is 15.5 Å². The highest BCUT2D eigenvalue weighted by Gasteiger charge is 2.38. The molecule has 164 valence electrons. The van der Waals surface area contributed by atoms with Crippen LogP contribution in [0.3, 0.4) is 0 Å². The van der Waals surface area contributed by atoms with Crippen molar-refractivity contribution in [3.8, 4) is 5.75 Å². The molecule has 5 rings (SSSR count). The first-order valence-corrected chi connectivity index (χ1v) is 12.2. The number of hydrogen-bond acceptors (Lipinski definition) is 4. The van der Waals surface area contributed by atoms with Crippen LogP contribution in [0.25, 0.3) is 0 Å². The zero-order valence-electron chi connectivity index (χ0n) is 18.1. The zero-order chi connectivity index (χ0) is 22.3. The number of benzene rings is 3. The largest absolute Gasteiger partial charge is 0.497 e. The number of nitrogens with one attached hydrogen (secondary N) is 2. The number of anilines is 2.